The molecule has 0 bridgehead atoms. The van der Waals surface area contributed by atoms with Crippen molar-refractivity contribution in [3.8, 4) is 11.9 Å². The average Bonchev–Trinajstić information content (AvgIpc) is 3.10. The molecule has 8 nitrogen and oxygen atoms in total. The first kappa shape index (κ1) is 17.8. The molecule has 1 atom stereocenters. The van der Waals surface area contributed by atoms with Crippen LogP contribution < -0.4 is 9.64 Å². The van der Waals surface area contributed by atoms with Gasteiger partial charge in [-0.15, -0.1) is 4.99 Å². The van der Waals surface area contributed by atoms with E-state index in [4.69, 9.17) is 10.00 Å². The Bertz CT molecular complexity index is 1040. The van der Waals surface area contributed by atoms with E-state index in [1.54, 1.807) is 6.33 Å². The number of aryl methyl sites for hydroxylation is 1. The lowest BCUT2D eigenvalue weighted by Gasteiger charge is -2.41. The number of benzene rings is 1. The number of para-hydroxylation sites is 1. The number of nitrogens with one attached hydrogen (secondary N) is 1. The highest BCUT2D eigenvalue weighted by Gasteiger charge is 2.29. The molecule has 0 radical (unpaired) electrons. The van der Waals surface area contributed by atoms with Crippen LogP contribution in [0.1, 0.15) is 12.5 Å². The molecule has 1 saturated heterocycles. The van der Waals surface area contributed by atoms with Crippen molar-refractivity contribution in [1.29, 1.82) is 5.26 Å². The van der Waals surface area contributed by atoms with Crippen LogP contribution in [0.5, 0.6) is 5.75 Å². The average molecular weight is 375 g/mol. The first-order valence-corrected chi connectivity index (χ1v) is 9.17. The number of aromatic nitrogens is 3. The highest BCUT2D eigenvalue weighted by atomic mass is 16.5. The smallest absolute Gasteiger partial charge is 0.308 e. The van der Waals surface area contributed by atoms with E-state index in [0.29, 0.717) is 18.3 Å². The van der Waals surface area contributed by atoms with Gasteiger partial charge in [0.15, 0.2) is 0 Å². The Labute approximate surface area is 163 Å². The first-order chi connectivity index (χ1) is 13.7. The summed E-state index contributed by atoms with van der Waals surface area (Å²) in [4.78, 5) is 20.2. The molecule has 1 aliphatic rings. The number of hydrogen-bond donors (Lipinski definition) is 1. The van der Waals surface area contributed by atoms with Crippen molar-refractivity contribution in [1.82, 2.24) is 19.9 Å². The minimum atomic E-state index is 0.0915. The second-order valence-electron chi connectivity index (χ2n) is 6.79. The van der Waals surface area contributed by atoms with Gasteiger partial charge in [-0.25, -0.2) is 9.97 Å². The van der Waals surface area contributed by atoms with Crippen LogP contribution in [0.3, 0.4) is 0 Å². The summed E-state index contributed by atoms with van der Waals surface area (Å²) >= 11 is 0. The summed E-state index contributed by atoms with van der Waals surface area (Å²) in [5, 5.41) is 10.2. The number of aliphatic imine (C=N–C) groups is 1. The number of hydrogen-bond acceptors (Lipinski definition) is 6. The molecule has 3 aromatic rings. The van der Waals surface area contributed by atoms with Crippen LogP contribution in [0.25, 0.3) is 11.0 Å². The lowest BCUT2D eigenvalue weighted by molar-refractivity contribution is 0.254. The zero-order chi connectivity index (χ0) is 19.5. The van der Waals surface area contributed by atoms with E-state index in [1.165, 1.54) is 0 Å². The van der Waals surface area contributed by atoms with Gasteiger partial charge >= 0.3 is 6.02 Å². The minimum Gasteiger partial charge on any atom is -0.425 e. The van der Waals surface area contributed by atoms with Gasteiger partial charge in [0.1, 0.15) is 23.5 Å². The van der Waals surface area contributed by atoms with Crippen molar-refractivity contribution >= 4 is 22.9 Å². The van der Waals surface area contributed by atoms with E-state index in [0.717, 1.165) is 35.5 Å². The predicted molar refractivity (Wildman–Crippen MR) is 107 cm³/mol. The summed E-state index contributed by atoms with van der Waals surface area (Å²) in [5.74, 6) is 1.59. The summed E-state index contributed by atoms with van der Waals surface area (Å²) in [7, 11) is 0. The molecule has 142 valence electrons. The van der Waals surface area contributed by atoms with Crippen LogP contribution in [0, 0.1) is 18.4 Å². The molecule has 1 aromatic carbocycles. The molecule has 1 unspecified atom stereocenters. The van der Waals surface area contributed by atoms with E-state index in [1.807, 2.05) is 47.6 Å². The van der Waals surface area contributed by atoms with Crippen molar-refractivity contribution in [2.24, 2.45) is 4.99 Å². The van der Waals surface area contributed by atoms with E-state index in [2.05, 4.69) is 38.7 Å². The van der Waals surface area contributed by atoms with E-state index < -0.39 is 0 Å². The maximum atomic E-state index is 9.11. The third kappa shape index (κ3) is 3.34. The third-order valence-corrected chi connectivity index (χ3v) is 4.92. The third-order valence-electron chi connectivity index (χ3n) is 4.92. The molecule has 0 spiro atoms. The number of nitrogens with zero attached hydrogens (tertiary/aromatic N) is 6. The van der Waals surface area contributed by atoms with Crippen molar-refractivity contribution < 1.29 is 4.74 Å². The quantitative estimate of drug-likeness (QED) is 0.420. The van der Waals surface area contributed by atoms with Crippen molar-refractivity contribution in [3.05, 3.63) is 48.4 Å². The minimum absolute atomic E-state index is 0.0915. The fourth-order valence-electron chi connectivity index (χ4n) is 3.55. The zero-order valence-corrected chi connectivity index (χ0v) is 15.8. The van der Waals surface area contributed by atoms with Gasteiger partial charge in [0.05, 0.1) is 5.39 Å². The summed E-state index contributed by atoms with van der Waals surface area (Å²) in [6.07, 6.45) is 5.40. The van der Waals surface area contributed by atoms with Crippen molar-refractivity contribution in [2.75, 3.05) is 24.5 Å². The van der Waals surface area contributed by atoms with Gasteiger partial charge in [-0.05, 0) is 31.5 Å². The first-order valence-electron chi connectivity index (χ1n) is 9.17. The number of nitriles is 1. The number of rotatable bonds is 2. The molecule has 1 fully saturated rings. The SMILES string of the molecule is Cc1c[nH]c2ncnc(N3CCN(/C(=N/C#N)Oc4ccccc4)C(C)C3)c12. The fraction of sp³-hybridized carbons (Fsp3) is 0.300. The number of amidine groups is 1. The van der Waals surface area contributed by atoms with E-state index in [9.17, 15) is 0 Å². The summed E-state index contributed by atoms with van der Waals surface area (Å²) in [5.41, 5.74) is 1.97. The molecule has 3 heterocycles. The highest BCUT2D eigenvalue weighted by Crippen LogP contribution is 2.27. The Balaban J connectivity index is 1.55. The van der Waals surface area contributed by atoms with E-state index >= 15 is 0 Å². The van der Waals surface area contributed by atoms with Crippen LogP contribution in [-0.2, 0) is 0 Å². The predicted octanol–water partition coefficient (Wildman–Crippen LogP) is 2.69. The van der Waals surface area contributed by atoms with Crippen molar-refractivity contribution in [3.63, 3.8) is 0 Å². The molecule has 1 aliphatic heterocycles. The van der Waals surface area contributed by atoms with Gasteiger partial charge in [-0.1, -0.05) is 18.2 Å². The lowest BCUT2D eigenvalue weighted by Crippen LogP contribution is -2.55. The molecule has 8 heteroatoms. The molecular formula is C20H21N7O. The van der Waals surface area contributed by atoms with Gasteiger partial charge in [0, 0.05) is 31.9 Å². The molecular weight excluding hydrogens is 354 g/mol. The molecule has 0 saturated carbocycles. The summed E-state index contributed by atoms with van der Waals surface area (Å²) in [6, 6.07) is 9.81. The van der Waals surface area contributed by atoms with Gasteiger partial charge in [0.25, 0.3) is 0 Å². The molecule has 1 N–H and O–H groups in total. The molecule has 4 rings (SSSR count). The van der Waals surface area contributed by atoms with Gasteiger partial charge in [-0.2, -0.15) is 5.26 Å². The van der Waals surface area contributed by atoms with Crippen LogP contribution >= 0.6 is 0 Å². The standard InChI is InChI=1S/C20H21N7O/c1-14-10-22-18-17(14)19(25-13-24-18)26-8-9-27(15(2)11-26)20(23-12-21)28-16-6-4-3-5-7-16/h3-7,10,13,15H,8-9,11H2,1-2H3,(H,22,24,25)/b23-20-. The van der Waals surface area contributed by atoms with Gasteiger partial charge in [0.2, 0.25) is 6.19 Å². The fourth-order valence-corrected chi connectivity index (χ4v) is 3.55. The molecule has 0 amide bonds. The second kappa shape index (κ2) is 7.56. The summed E-state index contributed by atoms with van der Waals surface area (Å²) in [6.45, 7) is 6.29. The monoisotopic (exact) mass is 375 g/mol. The highest BCUT2D eigenvalue weighted by molar-refractivity contribution is 5.90. The molecule has 0 aliphatic carbocycles. The van der Waals surface area contributed by atoms with Gasteiger partial charge in [-0.3, -0.25) is 0 Å². The number of ether oxygens (including phenoxy) is 1. The maximum Gasteiger partial charge on any atom is 0.308 e. The molecule has 28 heavy (non-hydrogen) atoms. The van der Waals surface area contributed by atoms with Crippen LogP contribution in [0.4, 0.5) is 5.82 Å². The van der Waals surface area contributed by atoms with Crippen LogP contribution in [-0.4, -0.2) is 51.5 Å². The Morgan fingerprint density at radius 3 is 2.86 bits per heavy atom. The summed E-state index contributed by atoms with van der Waals surface area (Å²) < 4.78 is 5.89. The van der Waals surface area contributed by atoms with Gasteiger partial charge < -0.3 is 19.5 Å². The zero-order valence-electron chi connectivity index (χ0n) is 15.8. The topological polar surface area (TPSA) is 93.4 Å². The van der Waals surface area contributed by atoms with E-state index in [-0.39, 0.29) is 6.04 Å². The Hall–Kier alpha value is -3.60. The number of anilines is 1. The Kier molecular flexibility index (Phi) is 4.81. The van der Waals surface area contributed by atoms with Crippen LogP contribution in [0.15, 0.2) is 47.8 Å². The maximum absolute atomic E-state index is 9.11. The second-order valence-corrected chi connectivity index (χ2v) is 6.79. The normalized spacial score (nSPS) is 17.6. The largest absolute Gasteiger partial charge is 0.425 e. The number of fused-ring (bicyclic) bond motifs is 1. The number of piperazine rings is 1. The Morgan fingerprint density at radius 1 is 1.29 bits per heavy atom. The molecule has 2 aromatic heterocycles. The number of H-pyrrole nitrogens is 1. The van der Waals surface area contributed by atoms with Crippen LogP contribution in [0.2, 0.25) is 0 Å². The lowest BCUT2D eigenvalue weighted by atomic mass is 10.1. The van der Waals surface area contributed by atoms with Crippen molar-refractivity contribution in [2.45, 2.75) is 19.9 Å². The Morgan fingerprint density at radius 2 is 2.11 bits per heavy atom. The number of aromatic amines is 1.